The zero-order chi connectivity index (χ0) is 18.5. The molecule has 2 fully saturated rings. The Labute approximate surface area is 165 Å². The van der Waals surface area contributed by atoms with E-state index >= 15 is 0 Å². The van der Waals surface area contributed by atoms with Crippen LogP contribution in [0, 0.1) is 5.92 Å². The molecule has 6 nitrogen and oxygen atoms in total. The largest absolute Gasteiger partial charge is 0.356 e. The van der Waals surface area contributed by atoms with Crippen LogP contribution >= 0.6 is 11.3 Å². The Kier molecular flexibility index (Phi) is 6.19. The van der Waals surface area contributed by atoms with Gasteiger partial charge in [-0.25, -0.2) is 9.97 Å². The number of likely N-dealkylation sites (tertiary alicyclic amines) is 1. The van der Waals surface area contributed by atoms with Gasteiger partial charge in [0.2, 0.25) is 5.91 Å². The van der Waals surface area contributed by atoms with Crippen molar-refractivity contribution in [3.63, 3.8) is 0 Å². The van der Waals surface area contributed by atoms with E-state index in [4.69, 9.17) is 4.98 Å². The van der Waals surface area contributed by atoms with Gasteiger partial charge in [0.15, 0.2) is 5.13 Å². The number of amides is 1. The molecule has 2 aliphatic rings. The number of nitrogens with one attached hydrogen (secondary N) is 1. The quantitative estimate of drug-likeness (QED) is 0.772. The molecule has 0 radical (unpaired) electrons. The van der Waals surface area contributed by atoms with Crippen molar-refractivity contribution in [3.05, 3.63) is 18.3 Å². The van der Waals surface area contributed by atoms with Crippen LogP contribution in [0.3, 0.4) is 0 Å². The van der Waals surface area contributed by atoms with E-state index in [2.05, 4.69) is 20.1 Å². The summed E-state index contributed by atoms with van der Waals surface area (Å²) in [5, 5.41) is 4.16. The van der Waals surface area contributed by atoms with Crippen LogP contribution in [0.4, 0.5) is 5.13 Å². The summed E-state index contributed by atoms with van der Waals surface area (Å²) in [6.07, 6.45) is 8.88. The molecule has 1 N–H and O–H groups in total. The van der Waals surface area contributed by atoms with E-state index in [0.29, 0.717) is 0 Å². The lowest BCUT2D eigenvalue weighted by Crippen LogP contribution is -2.43. The van der Waals surface area contributed by atoms with Gasteiger partial charge in [-0.3, -0.25) is 4.79 Å². The summed E-state index contributed by atoms with van der Waals surface area (Å²) >= 11 is 1.62. The third kappa shape index (κ3) is 4.76. The second-order valence-corrected chi connectivity index (χ2v) is 8.61. The molecule has 4 rings (SSSR count). The molecule has 1 atom stereocenters. The van der Waals surface area contributed by atoms with Crippen molar-refractivity contribution in [2.45, 2.75) is 38.5 Å². The van der Waals surface area contributed by atoms with Crippen molar-refractivity contribution in [3.8, 4) is 0 Å². The Morgan fingerprint density at radius 3 is 2.96 bits per heavy atom. The zero-order valence-corrected chi connectivity index (χ0v) is 16.7. The van der Waals surface area contributed by atoms with E-state index in [0.717, 1.165) is 60.9 Å². The highest BCUT2D eigenvalue weighted by Gasteiger charge is 2.27. The first-order chi connectivity index (χ1) is 13.3. The number of thiazole rings is 1. The minimum absolute atomic E-state index is 0.0636. The molecule has 0 aliphatic carbocycles. The van der Waals surface area contributed by atoms with Gasteiger partial charge in [-0.05, 0) is 63.9 Å². The fourth-order valence-electron chi connectivity index (χ4n) is 4.10. The number of hydrogen-bond donors (Lipinski definition) is 1. The van der Waals surface area contributed by atoms with Gasteiger partial charge < -0.3 is 15.1 Å². The topological polar surface area (TPSA) is 61.4 Å². The minimum Gasteiger partial charge on any atom is -0.356 e. The van der Waals surface area contributed by atoms with Crippen molar-refractivity contribution in [2.24, 2.45) is 5.92 Å². The van der Waals surface area contributed by atoms with Gasteiger partial charge in [-0.2, -0.15) is 0 Å². The first-order valence-corrected chi connectivity index (χ1v) is 11.1. The monoisotopic (exact) mass is 387 g/mol. The minimum atomic E-state index is 0.0636. The number of pyridine rings is 1. The molecule has 0 spiro atoms. The lowest BCUT2D eigenvalue weighted by Gasteiger charge is -2.31. The molecule has 0 saturated carbocycles. The second kappa shape index (κ2) is 8.97. The first-order valence-electron chi connectivity index (χ1n) is 10.3. The maximum absolute atomic E-state index is 12.6. The third-order valence-electron chi connectivity index (χ3n) is 5.62. The van der Waals surface area contributed by atoms with E-state index in [9.17, 15) is 4.79 Å². The Morgan fingerprint density at radius 1 is 1.22 bits per heavy atom. The number of aromatic nitrogens is 2. The van der Waals surface area contributed by atoms with Gasteiger partial charge in [-0.15, -0.1) is 0 Å². The maximum Gasteiger partial charge on any atom is 0.224 e. The smallest absolute Gasteiger partial charge is 0.224 e. The lowest BCUT2D eigenvalue weighted by atomic mass is 9.97. The molecule has 27 heavy (non-hydrogen) atoms. The van der Waals surface area contributed by atoms with Crippen LogP contribution in [0.25, 0.3) is 10.3 Å². The number of anilines is 1. The third-order valence-corrected chi connectivity index (χ3v) is 6.66. The van der Waals surface area contributed by atoms with Crippen LogP contribution in [0.5, 0.6) is 0 Å². The van der Waals surface area contributed by atoms with Crippen molar-refractivity contribution in [2.75, 3.05) is 44.2 Å². The van der Waals surface area contributed by atoms with Gasteiger partial charge in [0.05, 0.1) is 5.92 Å². The number of piperidine rings is 2. The summed E-state index contributed by atoms with van der Waals surface area (Å²) < 4.78 is 0. The fourth-order valence-corrected chi connectivity index (χ4v) is 5.04. The number of fused-ring (bicyclic) bond motifs is 1. The standard InChI is InChI=1S/C20H29N5OS/c26-18(21-10-6-13-24-11-2-1-3-12-24)16-7-5-14-25(15-16)20-23-17-8-4-9-22-19(17)27-20/h4,8-9,16H,1-3,5-7,10-15H2,(H,21,26). The molecule has 2 aromatic rings. The van der Waals surface area contributed by atoms with Crippen molar-refractivity contribution in [1.29, 1.82) is 0 Å². The Hall–Kier alpha value is -1.73. The van der Waals surface area contributed by atoms with Crippen LogP contribution in [0.1, 0.15) is 38.5 Å². The average molecular weight is 388 g/mol. The summed E-state index contributed by atoms with van der Waals surface area (Å²) in [4.78, 5) is 27.5. The van der Waals surface area contributed by atoms with Crippen molar-refractivity contribution >= 4 is 32.7 Å². The summed E-state index contributed by atoms with van der Waals surface area (Å²) in [6, 6.07) is 3.92. The summed E-state index contributed by atoms with van der Waals surface area (Å²) in [7, 11) is 0. The molecule has 4 heterocycles. The van der Waals surface area contributed by atoms with Crippen molar-refractivity contribution in [1.82, 2.24) is 20.2 Å². The highest BCUT2D eigenvalue weighted by molar-refractivity contribution is 7.21. The molecular formula is C20H29N5OS. The molecule has 1 unspecified atom stereocenters. The van der Waals surface area contributed by atoms with Crippen LogP contribution in [-0.2, 0) is 4.79 Å². The van der Waals surface area contributed by atoms with Crippen LogP contribution in [0.2, 0.25) is 0 Å². The van der Waals surface area contributed by atoms with Crippen LogP contribution < -0.4 is 10.2 Å². The zero-order valence-electron chi connectivity index (χ0n) is 15.9. The summed E-state index contributed by atoms with van der Waals surface area (Å²) in [6.45, 7) is 6.08. The fraction of sp³-hybridized carbons (Fsp3) is 0.650. The molecule has 1 amide bonds. The van der Waals surface area contributed by atoms with Gasteiger partial charge in [0, 0.05) is 25.8 Å². The number of carbonyl (C=O) groups excluding carboxylic acids is 1. The predicted octanol–water partition coefficient (Wildman–Crippen LogP) is 2.90. The predicted molar refractivity (Wildman–Crippen MR) is 110 cm³/mol. The summed E-state index contributed by atoms with van der Waals surface area (Å²) in [5.41, 5.74) is 0.946. The molecule has 2 aromatic heterocycles. The Balaban J connectivity index is 1.25. The molecule has 0 bridgehead atoms. The van der Waals surface area contributed by atoms with Gasteiger partial charge in [0.1, 0.15) is 10.3 Å². The van der Waals surface area contributed by atoms with Gasteiger partial charge >= 0.3 is 0 Å². The van der Waals surface area contributed by atoms with Gasteiger partial charge in [-0.1, -0.05) is 17.8 Å². The number of carbonyl (C=O) groups is 1. The van der Waals surface area contributed by atoms with Crippen molar-refractivity contribution < 1.29 is 4.79 Å². The Bertz CT molecular complexity index is 725. The molecule has 2 aliphatic heterocycles. The maximum atomic E-state index is 12.6. The molecular weight excluding hydrogens is 358 g/mol. The number of rotatable bonds is 6. The van der Waals surface area contributed by atoms with E-state index < -0.39 is 0 Å². The average Bonchev–Trinajstić information content (AvgIpc) is 3.16. The number of hydrogen-bond acceptors (Lipinski definition) is 6. The normalized spacial score (nSPS) is 21.5. The molecule has 2 saturated heterocycles. The van der Waals surface area contributed by atoms with E-state index in [1.54, 1.807) is 17.5 Å². The van der Waals surface area contributed by atoms with Gasteiger partial charge in [0.25, 0.3) is 0 Å². The highest BCUT2D eigenvalue weighted by Crippen LogP contribution is 2.30. The molecule has 7 heteroatoms. The second-order valence-electron chi connectivity index (χ2n) is 7.66. The first kappa shape index (κ1) is 18.6. The SMILES string of the molecule is O=C(NCCCN1CCCCC1)C1CCCN(c2nc3cccnc3s2)C1. The number of nitrogens with zero attached hydrogens (tertiary/aromatic N) is 4. The van der Waals surface area contributed by atoms with Crippen LogP contribution in [-0.4, -0.2) is 60.0 Å². The highest BCUT2D eigenvalue weighted by atomic mass is 32.1. The lowest BCUT2D eigenvalue weighted by molar-refractivity contribution is -0.125. The van der Waals surface area contributed by atoms with E-state index in [-0.39, 0.29) is 11.8 Å². The van der Waals surface area contributed by atoms with E-state index in [1.165, 1.54) is 32.4 Å². The Morgan fingerprint density at radius 2 is 2.11 bits per heavy atom. The van der Waals surface area contributed by atoms with E-state index in [1.807, 2.05) is 12.1 Å². The summed E-state index contributed by atoms with van der Waals surface area (Å²) in [5.74, 6) is 0.270. The van der Waals surface area contributed by atoms with Crippen LogP contribution in [0.15, 0.2) is 18.3 Å². The molecule has 0 aromatic carbocycles. The molecule has 146 valence electrons.